The summed E-state index contributed by atoms with van der Waals surface area (Å²) in [6.07, 6.45) is -2.42. The number of rotatable bonds is 4. The van der Waals surface area contributed by atoms with Gasteiger partial charge in [0.2, 0.25) is 0 Å². The van der Waals surface area contributed by atoms with E-state index in [0.717, 1.165) is 30.4 Å². The summed E-state index contributed by atoms with van der Waals surface area (Å²) in [5.41, 5.74) is 3.02. The van der Waals surface area contributed by atoms with Gasteiger partial charge in [0, 0.05) is 23.8 Å². The van der Waals surface area contributed by atoms with Gasteiger partial charge in [-0.25, -0.2) is 0 Å². The van der Waals surface area contributed by atoms with Gasteiger partial charge in [0.05, 0.1) is 10.5 Å². The quantitative estimate of drug-likeness (QED) is 0.484. The van der Waals surface area contributed by atoms with E-state index in [9.17, 15) is 32.9 Å². The van der Waals surface area contributed by atoms with Crippen molar-refractivity contribution >= 4 is 23.6 Å². The van der Waals surface area contributed by atoms with Crippen LogP contribution >= 0.6 is 0 Å². The highest BCUT2D eigenvalue weighted by molar-refractivity contribution is 5.98. The number of alkyl halides is 3. The number of nitrogens with one attached hydrogen (secondary N) is 2. The summed E-state index contributed by atoms with van der Waals surface area (Å²) in [5, 5.41) is 10.7. The molecule has 0 saturated heterocycles. The second-order valence-corrected chi connectivity index (χ2v) is 5.21. The Balaban J connectivity index is 1.96. The van der Waals surface area contributed by atoms with Crippen LogP contribution in [0.1, 0.15) is 21.5 Å². The van der Waals surface area contributed by atoms with Crippen LogP contribution in [0.3, 0.4) is 0 Å². The normalized spacial score (nSPS) is 11.2. The van der Waals surface area contributed by atoms with E-state index in [1.807, 2.05) is 10.9 Å². The maximum atomic E-state index is 12.6. The minimum atomic E-state index is -4.50. The monoisotopic (exact) mass is 379 g/mol. The fourth-order valence-electron chi connectivity index (χ4n) is 1.98. The molecule has 10 heteroatoms. The molecular formula is C17H12F3N3O4. The van der Waals surface area contributed by atoms with Crippen molar-refractivity contribution in [2.45, 2.75) is 6.18 Å². The molecule has 2 rings (SSSR count). The number of carbonyl (C=O) groups is 2. The molecule has 2 amide bonds. The molecule has 0 aliphatic carbocycles. The van der Waals surface area contributed by atoms with Gasteiger partial charge >= 0.3 is 6.18 Å². The van der Waals surface area contributed by atoms with Crippen molar-refractivity contribution < 1.29 is 27.7 Å². The molecule has 0 fully saturated rings. The minimum Gasteiger partial charge on any atom is -0.268 e. The van der Waals surface area contributed by atoms with E-state index >= 15 is 0 Å². The summed E-state index contributed by atoms with van der Waals surface area (Å²) in [6.45, 7) is 0. The molecule has 2 aromatic carbocycles. The Kier molecular flexibility index (Phi) is 5.91. The number of nitro benzene ring substituents is 1. The first-order valence-electron chi connectivity index (χ1n) is 7.37. The summed E-state index contributed by atoms with van der Waals surface area (Å²) in [4.78, 5) is 33.5. The lowest BCUT2D eigenvalue weighted by atomic mass is 10.1. The van der Waals surface area contributed by atoms with Crippen LogP contribution < -0.4 is 10.9 Å². The maximum absolute atomic E-state index is 12.6. The average molecular weight is 379 g/mol. The molecule has 0 aliphatic rings. The highest BCUT2D eigenvalue weighted by atomic mass is 19.4. The number of nitrogens with zero attached hydrogens (tertiary/aromatic N) is 1. The zero-order valence-corrected chi connectivity index (χ0v) is 13.5. The lowest BCUT2D eigenvalue weighted by molar-refractivity contribution is -0.384. The Labute approximate surface area is 150 Å². The lowest BCUT2D eigenvalue weighted by Gasteiger charge is -2.07. The Hall–Kier alpha value is -3.69. The van der Waals surface area contributed by atoms with Gasteiger partial charge in [-0.05, 0) is 29.8 Å². The number of amides is 2. The van der Waals surface area contributed by atoms with Gasteiger partial charge < -0.3 is 0 Å². The Morgan fingerprint density at radius 1 is 1.04 bits per heavy atom. The van der Waals surface area contributed by atoms with E-state index < -0.39 is 28.5 Å². The van der Waals surface area contributed by atoms with Crippen molar-refractivity contribution in [3.05, 3.63) is 81.4 Å². The van der Waals surface area contributed by atoms with E-state index in [4.69, 9.17) is 0 Å². The Morgan fingerprint density at radius 2 is 1.74 bits per heavy atom. The molecule has 0 atom stereocenters. The highest BCUT2D eigenvalue weighted by Gasteiger charge is 2.30. The average Bonchev–Trinajstić information content (AvgIpc) is 2.64. The first-order valence-corrected chi connectivity index (χ1v) is 7.37. The van der Waals surface area contributed by atoms with Gasteiger partial charge in [-0.2, -0.15) is 13.2 Å². The molecule has 140 valence electrons. The van der Waals surface area contributed by atoms with Crippen LogP contribution in [0.2, 0.25) is 0 Å². The number of hydrazine groups is 1. The molecule has 0 unspecified atom stereocenters. The fourth-order valence-corrected chi connectivity index (χ4v) is 1.98. The molecule has 0 saturated carbocycles. The van der Waals surface area contributed by atoms with Gasteiger partial charge in [0.25, 0.3) is 17.5 Å². The first kappa shape index (κ1) is 19.6. The fraction of sp³-hybridized carbons (Fsp3) is 0.0588. The number of non-ortho nitro benzene ring substituents is 1. The third-order valence-corrected chi connectivity index (χ3v) is 3.26. The number of benzene rings is 2. The van der Waals surface area contributed by atoms with Crippen molar-refractivity contribution in [1.82, 2.24) is 10.9 Å². The zero-order valence-electron chi connectivity index (χ0n) is 13.5. The minimum absolute atomic E-state index is 0.0497. The van der Waals surface area contributed by atoms with Gasteiger partial charge in [0.1, 0.15) is 0 Å². The third-order valence-electron chi connectivity index (χ3n) is 3.26. The summed E-state index contributed by atoms with van der Waals surface area (Å²) in [6, 6.07) is 9.19. The van der Waals surface area contributed by atoms with Gasteiger partial charge in [-0.1, -0.05) is 18.2 Å². The molecule has 0 heterocycles. The van der Waals surface area contributed by atoms with E-state index in [1.165, 1.54) is 30.3 Å². The van der Waals surface area contributed by atoms with Crippen LogP contribution in [-0.4, -0.2) is 16.7 Å². The summed E-state index contributed by atoms with van der Waals surface area (Å²) < 4.78 is 37.9. The molecule has 27 heavy (non-hydrogen) atoms. The number of hydrogen-bond donors (Lipinski definition) is 2. The van der Waals surface area contributed by atoms with Gasteiger partial charge in [-0.3, -0.25) is 30.6 Å². The van der Waals surface area contributed by atoms with Crippen LogP contribution in [0.5, 0.6) is 0 Å². The molecule has 0 radical (unpaired) electrons. The van der Waals surface area contributed by atoms with Crippen LogP contribution in [0.15, 0.2) is 54.6 Å². The van der Waals surface area contributed by atoms with Crippen molar-refractivity contribution in [2.75, 3.05) is 0 Å². The number of hydrogen-bond acceptors (Lipinski definition) is 4. The van der Waals surface area contributed by atoms with E-state index in [2.05, 4.69) is 0 Å². The second-order valence-electron chi connectivity index (χ2n) is 5.21. The maximum Gasteiger partial charge on any atom is 0.416 e. The van der Waals surface area contributed by atoms with Crippen LogP contribution in [0.4, 0.5) is 18.9 Å². The van der Waals surface area contributed by atoms with Gasteiger partial charge in [-0.15, -0.1) is 0 Å². The number of halogens is 3. The van der Waals surface area contributed by atoms with Crippen LogP contribution in [0.25, 0.3) is 6.08 Å². The van der Waals surface area contributed by atoms with E-state index in [1.54, 1.807) is 0 Å². The smallest absolute Gasteiger partial charge is 0.268 e. The molecule has 0 spiro atoms. The SMILES string of the molecule is O=C(/C=C/c1cccc(C(F)(F)F)c1)NNC(=O)c1cccc([N+](=O)[O-])c1. The summed E-state index contributed by atoms with van der Waals surface area (Å²) >= 11 is 0. The predicted molar refractivity (Wildman–Crippen MR) is 89.2 cm³/mol. The van der Waals surface area contributed by atoms with E-state index in [-0.39, 0.29) is 16.8 Å². The van der Waals surface area contributed by atoms with Crippen molar-refractivity contribution in [2.24, 2.45) is 0 Å². The van der Waals surface area contributed by atoms with E-state index in [0.29, 0.717) is 0 Å². The van der Waals surface area contributed by atoms with Crippen LogP contribution in [-0.2, 0) is 11.0 Å². The summed E-state index contributed by atoms with van der Waals surface area (Å²) in [5.74, 6) is -1.59. The van der Waals surface area contributed by atoms with Crippen molar-refractivity contribution in [1.29, 1.82) is 0 Å². The third kappa shape index (κ3) is 5.66. The number of carbonyl (C=O) groups excluding carboxylic acids is 2. The highest BCUT2D eigenvalue weighted by Crippen LogP contribution is 2.29. The molecule has 7 nitrogen and oxygen atoms in total. The molecule has 0 aliphatic heterocycles. The predicted octanol–water partition coefficient (Wildman–Crippen LogP) is 3.09. The Bertz CT molecular complexity index is 910. The van der Waals surface area contributed by atoms with Crippen LogP contribution in [0, 0.1) is 10.1 Å². The standard InChI is InChI=1S/C17H12F3N3O4/c18-17(19,20)13-5-1-3-11(9-13)7-8-15(24)21-22-16(25)12-4-2-6-14(10-12)23(26)27/h1-10H,(H,21,24)(H,22,25)/b8-7+. The van der Waals surface area contributed by atoms with Gasteiger partial charge in [0.15, 0.2) is 0 Å². The topological polar surface area (TPSA) is 101 Å². The molecule has 0 bridgehead atoms. The summed E-state index contributed by atoms with van der Waals surface area (Å²) in [7, 11) is 0. The molecule has 0 aromatic heterocycles. The zero-order chi connectivity index (χ0) is 20.0. The number of nitro groups is 1. The Morgan fingerprint density at radius 3 is 2.41 bits per heavy atom. The van der Waals surface area contributed by atoms with Crippen molar-refractivity contribution in [3.8, 4) is 0 Å². The second kappa shape index (κ2) is 8.13. The first-order chi connectivity index (χ1) is 12.7. The molecular weight excluding hydrogens is 367 g/mol. The van der Waals surface area contributed by atoms with Crippen molar-refractivity contribution in [3.63, 3.8) is 0 Å². The lowest BCUT2D eigenvalue weighted by Crippen LogP contribution is -2.40. The largest absolute Gasteiger partial charge is 0.416 e. The molecule has 2 aromatic rings. The molecule has 2 N–H and O–H groups in total.